The van der Waals surface area contributed by atoms with E-state index in [1.165, 1.54) is 24.3 Å². The summed E-state index contributed by atoms with van der Waals surface area (Å²) >= 11 is 0. The van der Waals surface area contributed by atoms with Gasteiger partial charge < -0.3 is 10.2 Å². The fraction of sp³-hybridized carbons (Fsp3) is 0. The van der Waals surface area contributed by atoms with Crippen LogP contribution < -0.4 is 0 Å². The van der Waals surface area contributed by atoms with Gasteiger partial charge >= 0.3 is 11.9 Å². The standard InChI is InChI=1S/C8H6O4.Ce/c9-7(10)5-3-1-2-4-6(5)8(11)12;/h1-4H,(H,9,10)(H,11,12);. The van der Waals surface area contributed by atoms with Gasteiger partial charge in [0, 0.05) is 41.7 Å². The van der Waals surface area contributed by atoms with Crippen LogP contribution in [0, 0.1) is 41.7 Å². The number of carboxylic acids is 2. The summed E-state index contributed by atoms with van der Waals surface area (Å²) < 4.78 is 0. The van der Waals surface area contributed by atoms with Crippen LogP contribution in [0.3, 0.4) is 0 Å². The third kappa shape index (κ3) is 3.05. The van der Waals surface area contributed by atoms with Gasteiger partial charge in [-0.05, 0) is 12.1 Å². The van der Waals surface area contributed by atoms with Crippen molar-refractivity contribution in [2.45, 2.75) is 0 Å². The number of hydrogen-bond donors (Lipinski definition) is 2. The molecule has 0 spiro atoms. The second kappa shape index (κ2) is 5.31. The SMILES string of the molecule is O=C(O)c1ccccc1C(=O)O.[Ce]. The van der Waals surface area contributed by atoms with Crippen LogP contribution in [0.2, 0.25) is 0 Å². The molecule has 1 rings (SSSR count). The van der Waals surface area contributed by atoms with Crippen LogP contribution in [0.4, 0.5) is 0 Å². The fourth-order valence-electron chi connectivity index (χ4n) is 0.856. The molecule has 1 aromatic carbocycles. The number of benzene rings is 1. The largest absolute Gasteiger partial charge is 0.478 e. The third-order valence-corrected chi connectivity index (χ3v) is 1.39. The molecule has 0 aliphatic rings. The molecule has 0 atom stereocenters. The van der Waals surface area contributed by atoms with Crippen LogP contribution in [0.5, 0.6) is 0 Å². The molecule has 4 nitrogen and oxygen atoms in total. The monoisotopic (exact) mass is 306 g/mol. The first-order valence-corrected chi connectivity index (χ1v) is 3.18. The quantitative estimate of drug-likeness (QED) is 0.857. The van der Waals surface area contributed by atoms with Crippen molar-refractivity contribution in [3.05, 3.63) is 35.4 Å². The first-order chi connectivity index (χ1) is 5.63. The summed E-state index contributed by atoms with van der Waals surface area (Å²) in [6.07, 6.45) is 0. The van der Waals surface area contributed by atoms with E-state index in [4.69, 9.17) is 10.2 Å². The van der Waals surface area contributed by atoms with Crippen molar-refractivity contribution < 1.29 is 61.5 Å². The molecule has 0 amide bonds. The van der Waals surface area contributed by atoms with Crippen LogP contribution in [0.25, 0.3) is 0 Å². The Balaban J connectivity index is 0.00000144. The van der Waals surface area contributed by atoms with Crippen molar-refractivity contribution in [1.29, 1.82) is 0 Å². The second-order valence-electron chi connectivity index (χ2n) is 2.16. The van der Waals surface area contributed by atoms with Crippen LogP contribution in [0.15, 0.2) is 24.3 Å². The Morgan fingerprint density at radius 2 is 1.23 bits per heavy atom. The summed E-state index contributed by atoms with van der Waals surface area (Å²) in [6, 6.07) is 5.48. The molecule has 66 valence electrons. The van der Waals surface area contributed by atoms with Crippen LogP contribution in [-0.2, 0) is 0 Å². The van der Waals surface area contributed by atoms with E-state index >= 15 is 0 Å². The van der Waals surface area contributed by atoms with Crippen LogP contribution >= 0.6 is 0 Å². The predicted molar refractivity (Wildman–Crippen MR) is 40.4 cm³/mol. The molecule has 5 heteroatoms. The molecule has 0 aliphatic carbocycles. The van der Waals surface area contributed by atoms with Gasteiger partial charge in [0.15, 0.2) is 0 Å². The zero-order valence-corrected chi connectivity index (χ0v) is 9.66. The zero-order chi connectivity index (χ0) is 9.14. The van der Waals surface area contributed by atoms with Gasteiger partial charge in [-0.15, -0.1) is 0 Å². The van der Waals surface area contributed by atoms with Gasteiger partial charge in [-0.2, -0.15) is 0 Å². The maximum absolute atomic E-state index is 10.5. The van der Waals surface area contributed by atoms with E-state index in [9.17, 15) is 9.59 Å². The molecule has 0 fully saturated rings. The van der Waals surface area contributed by atoms with E-state index in [0.29, 0.717) is 0 Å². The van der Waals surface area contributed by atoms with Crippen molar-refractivity contribution >= 4 is 11.9 Å². The van der Waals surface area contributed by atoms with Gasteiger partial charge in [0.1, 0.15) is 0 Å². The van der Waals surface area contributed by atoms with E-state index in [1.54, 1.807) is 0 Å². The summed E-state index contributed by atoms with van der Waals surface area (Å²) in [5, 5.41) is 17.1. The minimum atomic E-state index is -1.23. The van der Waals surface area contributed by atoms with Crippen LogP contribution in [-0.4, -0.2) is 22.2 Å². The first kappa shape index (κ1) is 12.5. The minimum Gasteiger partial charge on any atom is -0.478 e. The van der Waals surface area contributed by atoms with Gasteiger partial charge in [-0.25, -0.2) is 9.59 Å². The number of aromatic carboxylic acids is 2. The van der Waals surface area contributed by atoms with Crippen molar-refractivity contribution in [3.63, 3.8) is 0 Å². The average molecular weight is 306 g/mol. The maximum Gasteiger partial charge on any atom is 0.336 e. The molecule has 0 bridgehead atoms. The molecule has 13 heavy (non-hydrogen) atoms. The predicted octanol–water partition coefficient (Wildman–Crippen LogP) is 1.08. The van der Waals surface area contributed by atoms with Gasteiger partial charge in [0.05, 0.1) is 11.1 Å². The van der Waals surface area contributed by atoms with Gasteiger partial charge in [-0.1, -0.05) is 12.1 Å². The molecular formula is C8H6CeO4. The Morgan fingerprint density at radius 1 is 0.923 bits per heavy atom. The Kier molecular flexibility index (Phi) is 5.12. The molecular weight excluding hydrogens is 300 g/mol. The first-order valence-electron chi connectivity index (χ1n) is 3.18. The van der Waals surface area contributed by atoms with Crippen LogP contribution in [0.1, 0.15) is 20.7 Å². The molecule has 2 N–H and O–H groups in total. The van der Waals surface area contributed by atoms with E-state index in [2.05, 4.69) is 0 Å². The number of rotatable bonds is 2. The van der Waals surface area contributed by atoms with E-state index in [0.717, 1.165) is 0 Å². The van der Waals surface area contributed by atoms with Gasteiger partial charge in [0.2, 0.25) is 0 Å². The molecule has 1 aromatic rings. The summed E-state index contributed by atoms with van der Waals surface area (Å²) in [5.41, 5.74) is -0.380. The molecule has 0 heterocycles. The Hall–Kier alpha value is -0.463. The Morgan fingerprint density at radius 3 is 1.46 bits per heavy atom. The number of carboxylic acid groups (broad SMARTS) is 2. The van der Waals surface area contributed by atoms with Gasteiger partial charge in [0.25, 0.3) is 0 Å². The smallest absolute Gasteiger partial charge is 0.336 e. The summed E-state index contributed by atoms with van der Waals surface area (Å²) in [6.45, 7) is 0. The molecule has 0 unspecified atom stereocenters. The summed E-state index contributed by atoms with van der Waals surface area (Å²) in [7, 11) is 0. The maximum atomic E-state index is 10.5. The Labute approximate surface area is 108 Å². The number of hydrogen-bond acceptors (Lipinski definition) is 2. The van der Waals surface area contributed by atoms with Crippen molar-refractivity contribution in [2.75, 3.05) is 0 Å². The summed E-state index contributed by atoms with van der Waals surface area (Å²) in [5.74, 6) is -2.46. The molecule has 0 radical (unpaired) electrons. The van der Waals surface area contributed by atoms with Gasteiger partial charge in [-0.3, -0.25) is 0 Å². The topological polar surface area (TPSA) is 74.6 Å². The number of carbonyl (C=O) groups is 2. The average Bonchev–Trinajstić information content (AvgIpc) is 2.04. The normalized spacial score (nSPS) is 8.62. The molecule has 0 aliphatic heterocycles. The third-order valence-electron chi connectivity index (χ3n) is 1.39. The molecule has 0 saturated heterocycles. The molecule has 0 saturated carbocycles. The van der Waals surface area contributed by atoms with E-state index in [-0.39, 0.29) is 52.9 Å². The molecule has 0 aromatic heterocycles. The van der Waals surface area contributed by atoms with Crippen molar-refractivity contribution in [1.82, 2.24) is 0 Å². The van der Waals surface area contributed by atoms with Crippen molar-refractivity contribution in [2.24, 2.45) is 0 Å². The van der Waals surface area contributed by atoms with Crippen molar-refractivity contribution in [3.8, 4) is 0 Å². The second-order valence-corrected chi connectivity index (χ2v) is 2.16. The summed E-state index contributed by atoms with van der Waals surface area (Å²) in [4.78, 5) is 20.9. The fourth-order valence-corrected chi connectivity index (χ4v) is 0.856. The Bertz CT molecular complexity index is 302. The van der Waals surface area contributed by atoms with E-state index < -0.39 is 11.9 Å². The zero-order valence-electron chi connectivity index (χ0n) is 6.52. The minimum absolute atomic E-state index is 0. The van der Waals surface area contributed by atoms with E-state index in [1.807, 2.05) is 0 Å².